The van der Waals surface area contributed by atoms with Gasteiger partial charge < -0.3 is 15.2 Å². The Kier molecular flexibility index (Phi) is 5.59. The molecule has 3 heterocycles. The average Bonchev–Trinajstić information content (AvgIpc) is 2.68. The number of alkyl halides is 3. The van der Waals surface area contributed by atoms with Crippen LogP contribution >= 0.6 is 0 Å². The zero-order chi connectivity index (χ0) is 22.1. The first-order chi connectivity index (χ1) is 14.0. The lowest BCUT2D eigenvalue weighted by molar-refractivity contribution is -0.208. The molecule has 12 heteroatoms. The lowest BCUT2D eigenvalue weighted by atomic mass is 9.89. The van der Waals surface area contributed by atoms with Crippen LogP contribution < -0.4 is 10.5 Å². The zero-order valence-corrected chi connectivity index (χ0v) is 15.9. The summed E-state index contributed by atoms with van der Waals surface area (Å²) < 4.78 is 63.3. The van der Waals surface area contributed by atoms with E-state index >= 15 is 0 Å². The number of rotatable bonds is 5. The summed E-state index contributed by atoms with van der Waals surface area (Å²) >= 11 is 0. The van der Waals surface area contributed by atoms with Crippen molar-refractivity contribution in [2.24, 2.45) is 10.7 Å². The molecule has 0 aromatic carbocycles. The summed E-state index contributed by atoms with van der Waals surface area (Å²) in [5, 5.41) is 0. The minimum absolute atomic E-state index is 0.0279. The lowest BCUT2D eigenvalue weighted by Gasteiger charge is -2.35. The van der Waals surface area contributed by atoms with Gasteiger partial charge in [0.05, 0.1) is 25.9 Å². The summed E-state index contributed by atoms with van der Waals surface area (Å²) in [5.41, 5.74) is 3.46. The van der Waals surface area contributed by atoms with Gasteiger partial charge in [-0.25, -0.2) is 19.4 Å². The maximum absolute atomic E-state index is 14.5. The highest BCUT2D eigenvalue weighted by Crippen LogP contribution is 2.40. The minimum atomic E-state index is -4.72. The number of ether oxygens (including phenoxy) is 2. The molecule has 0 bridgehead atoms. The van der Waals surface area contributed by atoms with Crippen molar-refractivity contribution in [1.29, 1.82) is 0 Å². The van der Waals surface area contributed by atoms with E-state index in [9.17, 15) is 22.4 Å². The molecule has 2 aromatic heterocycles. The number of nitrogens with two attached hydrogens (primary N) is 1. The van der Waals surface area contributed by atoms with Crippen LogP contribution in [0.25, 0.3) is 0 Å². The van der Waals surface area contributed by atoms with Crippen LogP contribution in [0.15, 0.2) is 29.5 Å². The first kappa shape index (κ1) is 21.4. The van der Waals surface area contributed by atoms with Crippen molar-refractivity contribution in [3.05, 3.63) is 47.4 Å². The smallest absolute Gasteiger partial charge is 0.425 e. The van der Waals surface area contributed by atoms with Gasteiger partial charge in [0, 0.05) is 12.1 Å². The molecule has 160 valence electrons. The summed E-state index contributed by atoms with van der Waals surface area (Å²) in [7, 11) is 1.39. The molecule has 1 aliphatic rings. The van der Waals surface area contributed by atoms with Gasteiger partial charge in [-0.3, -0.25) is 9.78 Å². The van der Waals surface area contributed by atoms with E-state index in [0.29, 0.717) is 0 Å². The molecule has 0 unspecified atom stereocenters. The van der Waals surface area contributed by atoms with E-state index in [1.165, 1.54) is 32.5 Å². The zero-order valence-electron chi connectivity index (χ0n) is 15.9. The fourth-order valence-electron chi connectivity index (χ4n) is 2.98. The maximum atomic E-state index is 14.5. The number of nitrogens with zero attached hydrogens (tertiary/aromatic N) is 4. The third-order valence-electron chi connectivity index (χ3n) is 4.45. The monoisotopic (exact) mass is 427 g/mol. The Hall–Kier alpha value is -3.31. The molecule has 2 aromatic rings. The van der Waals surface area contributed by atoms with Gasteiger partial charge >= 0.3 is 6.18 Å². The second-order valence-electron chi connectivity index (χ2n) is 6.75. The first-order valence-corrected chi connectivity index (χ1v) is 8.65. The Morgan fingerprint density at radius 3 is 2.67 bits per heavy atom. The number of ketones is 1. The molecule has 1 aliphatic heterocycles. The third kappa shape index (κ3) is 4.47. The largest absolute Gasteiger partial charge is 0.480 e. The van der Waals surface area contributed by atoms with Crippen LogP contribution in [-0.4, -0.2) is 46.1 Å². The van der Waals surface area contributed by atoms with E-state index in [-0.39, 0.29) is 29.4 Å². The summed E-state index contributed by atoms with van der Waals surface area (Å²) in [6.45, 7) is 1.27. The highest BCUT2D eigenvalue weighted by atomic mass is 19.4. The fourth-order valence-corrected chi connectivity index (χ4v) is 2.98. The van der Waals surface area contributed by atoms with E-state index in [1.54, 1.807) is 0 Å². The van der Waals surface area contributed by atoms with Crippen molar-refractivity contribution >= 4 is 11.8 Å². The topological polar surface area (TPSA) is 113 Å². The normalized spacial score (nSPS) is 21.5. The van der Waals surface area contributed by atoms with Gasteiger partial charge in [-0.2, -0.15) is 13.2 Å². The summed E-state index contributed by atoms with van der Waals surface area (Å²) in [5.74, 6) is -1.13. The number of pyridine rings is 1. The molecule has 3 rings (SSSR count). The highest BCUT2D eigenvalue weighted by Gasteiger charge is 2.50. The Labute approximate surface area is 168 Å². The predicted molar refractivity (Wildman–Crippen MR) is 95.3 cm³/mol. The lowest BCUT2D eigenvalue weighted by Crippen LogP contribution is -2.46. The Morgan fingerprint density at radius 1 is 1.33 bits per heavy atom. The minimum Gasteiger partial charge on any atom is -0.480 e. The van der Waals surface area contributed by atoms with Crippen LogP contribution in [0, 0.1) is 5.82 Å². The van der Waals surface area contributed by atoms with Crippen molar-refractivity contribution in [3.8, 4) is 5.88 Å². The van der Waals surface area contributed by atoms with Crippen LogP contribution in [-0.2, 0) is 16.7 Å². The number of carbonyl (C=O) groups is 1. The van der Waals surface area contributed by atoms with E-state index in [1.807, 2.05) is 0 Å². The van der Waals surface area contributed by atoms with Gasteiger partial charge in [0.1, 0.15) is 22.7 Å². The van der Waals surface area contributed by atoms with Gasteiger partial charge in [-0.1, -0.05) is 0 Å². The Bertz CT molecular complexity index is 981. The third-order valence-corrected chi connectivity index (χ3v) is 4.45. The molecule has 2 N–H and O–H groups in total. The van der Waals surface area contributed by atoms with Gasteiger partial charge in [-0.05, 0) is 19.1 Å². The Balaban J connectivity index is 1.89. The number of aliphatic imine (C=N–C) groups is 1. The van der Waals surface area contributed by atoms with Gasteiger partial charge in [0.25, 0.3) is 6.02 Å². The number of halogens is 4. The number of Topliss-reactive ketones (excluding diaryl/α,β-unsaturated/α-hetero) is 1. The van der Waals surface area contributed by atoms with Gasteiger partial charge in [-0.15, -0.1) is 0 Å². The first-order valence-electron chi connectivity index (χ1n) is 8.65. The van der Waals surface area contributed by atoms with Crippen LogP contribution in [0.4, 0.5) is 17.6 Å². The standard InChI is InChI=1S/C18H17F4N5O3/c1-17(6-13(18(20,21)22)30-16(23)27-17)15-10(19)4-3-9(26-15)5-12(28)11-7-25-14(29-2)8-24-11/h3-4,7-8,13H,5-6H2,1-2H3,(H2,23,27)/t13-,17+/m0/s1. The molecule has 0 fully saturated rings. The molecule has 0 amide bonds. The van der Waals surface area contributed by atoms with Crippen LogP contribution in [0.5, 0.6) is 5.88 Å². The fraction of sp³-hybridized carbons (Fsp3) is 0.389. The van der Waals surface area contributed by atoms with Crippen molar-refractivity contribution < 1.29 is 31.8 Å². The summed E-state index contributed by atoms with van der Waals surface area (Å²) in [6.07, 6.45) is -5.51. The molecule has 2 atom stereocenters. The van der Waals surface area contributed by atoms with Crippen LogP contribution in [0.2, 0.25) is 0 Å². The van der Waals surface area contributed by atoms with E-state index in [4.69, 9.17) is 10.5 Å². The number of hydrogen-bond acceptors (Lipinski definition) is 8. The van der Waals surface area contributed by atoms with Crippen LogP contribution in [0.3, 0.4) is 0 Å². The number of carbonyl (C=O) groups excluding carboxylic acids is 1. The number of aromatic nitrogens is 3. The molecule has 0 saturated heterocycles. The highest BCUT2D eigenvalue weighted by molar-refractivity contribution is 5.95. The molecule has 0 spiro atoms. The summed E-state index contributed by atoms with van der Waals surface area (Å²) in [6, 6.07) is 1.55. The predicted octanol–water partition coefficient (Wildman–Crippen LogP) is 2.33. The SMILES string of the molecule is COc1cnc(C(=O)Cc2ccc(F)c([C@@]3(C)C[C@@H](C(F)(F)F)OC(N)=N3)n2)cn1. The van der Waals surface area contributed by atoms with Crippen molar-refractivity contribution in [3.63, 3.8) is 0 Å². The van der Waals surface area contributed by atoms with Gasteiger partial charge in [0.15, 0.2) is 11.9 Å². The molecular weight excluding hydrogens is 410 g/mol. The van der Waals surface area contributed by atoms with E-state index in [2.05, 4.69) is 24.7 Å². The molecular formula is C18H17F4N5O3. The molecule has 0 saturated carbocycles. The maximum Gasteiger partial charge on any atom is 0.425 e. The Morgan fingerprint density at radius 2 is 2.07 bits per heavy atom. The van der Waals surface area contributed by atoms with Crippen molar-refractivity contribution in [2.45, 2.75) is 37.6 Å². The second kappa shape index (κ2) is 7.84. The second-order valence-corrected chi connectivity index (χ2v) is 6.75. The quantitative estimate of drug-likeness (QED) is 0.576. The molecule has 30 heavy (non-hydrogen) atoms. The summed E-state index contributed by atoms with van der Waals surface area (Å²) in [4.78, 5) is 28.1. The molecule has 8 nitrogen and oxygen atoms in total. The van der Waals surface area contributed by atoms with E-state index < -0.39 is 41.9 Å². The van der Waals surface area contributed by atoms with E-state index in [0.717, 1.165) is 6.07 Å². The van der Waals surface area contributed by atoms with Crippen molar-refractivity contribution in [2.75, 3.05) is 7.11 Å². The van der Waals surface area contributed by atoms with Gasteiger partial charge in [0.2, 0.25) is 5.88 Å². The number of amidine groups is 1. The molecule has 0 aliphatic carbocycles. The van der Waals surface area contributed by atoms with Crippen LogP contribution in [0.1, 0.15) is 35.2 Å². The average molecular weight is 427 g/mol. The van der Waals surface area contributed by atoms with Crippen molar-refractivity contribution in [1.82, 2.24) is 15.0 Å². The molecule has 0 radical (unpaired) electrons. The number of hydrogen-bond donors (Lipinski definition) is 1. The number of methoxy groups -OCH3 is 1.